The van der Waals surface area contributed by atoms with Crippen molar-refractivity contribution in [3.8, 4) is 0 Å². The van der Waals surface area contributed by atoms with Crippen LogP contribution in [0, 0.1) is 0 Å². The fourth-order valence-corrected chi connectivity index (χ4v) is 3.04. The van der Waals surface area contributed by atoms with E-state index in [-0.39, 0.29) is 10.6 Å². The van der Waals surface area contributed by atoms with E-state index in [1.54, 1.807) is 0 Å². The van der Waals surface area contributed by atoms with Crippen molar-refractivity contribution in [3.63, 3.8) is 0 Å². The summed E-state index contributed by atoms with van der Waals surface area (Å²) in [6, 6.07) is 5.22. The van der Waals surface area contributed by atoms with Crippen molar-refractivity contribution in [2.45, 2.75) is 5.51 Å². The summed E-state index contributed by atoms with van der Waals surface area (Å²) in [5, 5.41) is 0.433. The molecule has 0 aliphatic rings. The van der Waals surface area contributed by atoms with Crippen molar-refractivity contribution in [1.82, 2.24) is 0 Å². The molecule has 1 aromatic carbocycles. The molecule has 1 N–H and O–H groups in total. The highest BCUT2D eigenvalue weighted by atomic mass is 32.2. The van der Waals surface area contributed by atoms with Gasteiger partial charge < -0.3 is 4.74 Å². The van der Waals surface area contributed by atoms with Gasteiger partial charge in [0.05, 0.1) is 7.11 Å². The molecule has 0 saturated heterocycles. The number of anilines is 1. The van der Waals surface area contributed by atoms with Crippen LogP contribution in [0.25, 0.3) is 10.1 Å². The van der Waals surface area contributed by atoms with Gasteiger partial charge in [-0.1, -0.05) is 0 Å². The van der Waals surface area contributed by atoms with Crippen LogP contribution in [0.5, 0.6) is 0 Å². The first-order chi connectivity index (χ1) is 9.64. The molecular weight excluding hydrogens is 331 g/mol. The predicted molar refractivity (Wildman–Crippen MR) is 71.8 cm³/mol. The van der Waals surface area contributed by atoms with Crippen molar-refractivity contribution in [2.24, 2.45) is 0 Å². The largest absolute Gasteiger partial charge is 0.516 e. The number of hydrogen-bond donors (Lipinski definition) is 1. The van der Waals surface area contributed by atoms with Crippen LogP contribution in [-0.4, -0.2) is 27.0 Å². The van der Waals surface area contributed by atoms with Gasteiger partial charge in [-0.2, -0.15) is 21.6 Å². The van der Waals surface area contributed by atoms with E-state index in [1.165, 1.54) is 36.1 Å². The first-order valence-electron chi connectivity index (χ1n) is 5.35. The Morgan fingerprint density at radius 1 is 1.29 bits per heavy atom. The van der Waals surface area contributed by atoms with Crippen LogP contribution in [-0.2, 0) is 14.8 Å². The van der Waals surface area contributed by atoms with Crippen LogP contribution in [0.3, 0.4) is 0 Å². The number of thiophene rings is 1. The average molecular weight is 339 g/mol. The second kappa shape index (κ2) is 5.19. The van der Waals surface area contributed by atoms with Crippen LogP contribution in [0.15, 0.2) is 24.3 Å². The summed E-state index contributed by atoms with van der Waals surface area (Å²) in [5.41, 5.74) is -5.64. The lowest BCUT2D eigenvalue weighted by Crippen LogP contribution is -2.29. The Morgan fingerprint density at radius 2 is 1.95 bits per heavy atom. The van der Waals surface area contributed by atoms with E-state index in [0.29, 0.717) is 10.1 Å². The molecule has 114 valence electrons. The summed E-state index contributed by atoms with van der Waals surface area (Å²) in [4.78, 5) is 11.6. The zero-order valence-corrected chi connectivity index (χ0v) is 12.0. The summed E-state index contributed by atoms with van der Waals surface area (Å²) in [6.07, 6.45) is 0. The van der Waals surface area contributed by atoms with E-state index >= 15 is 0 Å². The number of esters is 1. The number of fused-ring (bicyclic) bond motifs is 1. The molecule has 0 amide bonds. The summed E-state index contributed by atoms with van der Waals surface area (Å²) in [6.45, 7) is 0. The Kier molecular flexibility index (Phi) is 3.85. The van der Waals surface area contributed by atoms with Gasteiger partial charge in [0.2, 0.25) is 0 Å². The van der Waals surface area contributed by atoms with Crippen molar-refractivity contribution in [1.29, 1.82) is 0 Å². The van der Waals surface area contributed by atoms with E-state index < -0.39 is 21.5 Å². The lowest BCUT2D eigenvalue weighted by atomic mass is 10.2. The molecule has 21 heavy (non-hydrogen) atoms. The monoisotopic (exact) mass is 339 g/mol. The molecule has 0 spiro atoms. The molecule has 1 heterocycles. The number of methoxy groups -OCH3 is 1. The van der Waals surface area contributed by atoms with Crippen LogP contribution < -0.4 is 4.72 Å². The first-order valence-corrected chi connectivity index (χ1v) is 7.65. The predicted octanol–water partition coefficient (Wildman–Crippen LogP) is 2.95. The molecule has 0 aliphatic heterocycles. The summed E-state index contributed by atoms with van der Waals surface area (Å²) < 4.78 is 65.4. The van der Waals surface area contributed by atoms with Crippen molar-refractivity contribution in [2.75, 3.05) is 11.8 Å². The smallest absolute Gasteiger partial charge is 0.465 e. The van der Waals surface area contributed by atoms with Crippen molar-refractivity contribution in [3.05, 3.63) is 29.1 Å². The van der Waals surface area contributed by atoms with Gasteiger partial charge in [-0.3, -0.25) is 4.72 Å². The van der Waals surface area contributed by atoms with E-state index in [2.05, 4.69) is 4.74 Å². The lowest BCUT2D eigenvalue weighted by Gasteiger charge is -2.10. The van der Waals surface area contributed by atoms with E-state index in [9.17, 15) is 26.4 Å². The minimum absolute atomic E-state index is 0.242. The van der Waals surface area contributed by atoms with Gasteiger partial charge in [-0.05, 0) is 29.7 Å². The summed E-state index contributed by atoms with van der Waals surface area (Å²) in [5.74, 6) is -0.575. The van der Waals surface area contributed by atoms with Crippen LogP contribution in [0.4, 0.5) is 18.9 Å². The number of benzene rings is 1. The number of halogens is 3. The maximum Gasteiger partial charge on any atom is 0.516 e. The minimum Gasteiger partial charge on any atom is -0.465 e. The fraction of sp³-hybridized carbons (Fsp3) is 0.182. The van der Waals surface area contributed by atoms with Gasteiger partial charge >= 0.3 is 21.5 Å². The van der Waals surface area contributed by atoms with Gasteiger partial charge in [0.25, 0.3) is 0 Å². The Labute approximate surface area is 121 Å². The van der Waals surface area contributed by atoms with Crippen LogP contribution >= 0.6 is 11.3 Å². The Balaban J connectivity index is 2.38. The average Bonchev–Trinajstić information content (AvgIpc) is 2.79. The third-order valence-corrected chi connectivity index (χ3v) is 4.67. The zero-order valence-electron chi connectivity index (χ0n) is 10.4. The molecule has 1 aromatic heterocycles. The number of carbonyl (C=O) groups is 1. The molecule has 0 bridgehead atoms. The maximum absolute atomic E-state index is 12.3. The Hall–Kier alpha value is -1.81. The van der Waals surface area contributed by atoms with Crippen LogP contribution in [0.1, 0.15) is 9.67 Å². The number of rotatable bonds is 3. The molecule has 5 nitrogen and oxygen atoms in total. The quantitative estimate of drug-likeness (QED) is 0.873. The van der Waals surface area contributed by atoms with Crippen molar-refractivity contribution >= 4 is 43.1 Å². The molecule has 0 fully saturated rings. The molecule has 0 saturated carbocycles. The minimum atomic E-state index is -5.47. The molecule has 0 radical (unpaired) electrons. The summed E-state index contributed by atoms with van der Waals surface area (Å²) >= 11 is 1.09. The van der Waals surface area contributed by atoms with E-state index in [4.69, 9.17) is 0 Å². The normalized spacial score (nSPS) is 12.4. The highest BCUT2D eigenvalue weighted by molar-refractivity contribution is 7.93. The lowest BCUT2D eigenvalue weighted by molar-refractivity contribution is -0.0429. The standard InChI is InChI=1S/C11H8F3NO4S2/c1-19-10(16)9-5-6-4-7(2-3-8(6)20-9)15-21(17,18)11(12,13)14/h2-5,15H,1H3. The Morgan fingerprint density at radius 3 is 2.52 bits per heavy atom. The SMILES string of the molecule is COC(=O)c1cc2cc(NS(=O)(=O)C(F)(F)F)ccc2s1. The molecule has 2 aromatic rings. The third-order valence-electron chi connectivity index (χ3n) is 2.46. The third kappa shape index (κ3) is 3.10. The van der Waals surface area contributed by atoms with Gasteiger partial charge in [-0.15, -0.1) is 11.3 Å². The second-order valence-corrected chi connectivity index (χ2v) is 6.66. The molecule has 0 aliphatic carbocycles. The van der Waals surface area contributed by atoms with Gasteiger partial charge in [0.15, 0.2) is 0 Å². The topological polar surface area (TPSA) is 72.5 Å². The fourth-order valence-electron chi connectivity index (χ4n) is 1.52. The molecule has 0 unspecified atom stereocenters. The number of hydrogen-bond acceptors (Lipinski definition) is 5. The molecule has 0 atom stereocenters. The number of ether oxygens (including phenoxy) is 1. The van der Waals surface area contributed by atoms with Crippen LogP contribution in [0.2, 0.25) is 0 Å². The van der Waals surface area contributed by atoms with E-state index in [1.807, 2.05) is 0 Å². The maximum atomic E-state index is 12.3. The number of alkyl halides is 3. The Bertz CT molecular complexity index is 795. The van der Waals surface area contributed by atoms with Gasteiger partial charge in [-0.25, -0.2) is 4.79 Å². The highest BCUT2D eigenvalue weighted by Crippen LogP contribution is 2.31. The second-order valence-electron chi connectivity index (χ2n) is 3.91. The van der Waals surface area contributed by atoms with Gasteiger partial charge in [0, 0.05) is 10.4 Å². The highest BCUT2D eigenvalue weighted by Gasteiger charge is 2.46. The van der Waals surface area contributed by atoms with Gasteiger partial charge in [0.1, 0.15) is 4.88 Å². The number of nitrogens with one attached hydrogen (secondary N) is 1. The molecule has 2 rings (SSSR count). The van der Waals surface area contributed by atoms with E-state index in [0.717, 1.165) is 11.3 Å². The molecule has 10 heteroatoms. The first kappa shape index (κ1) is 15.6. The number of carbonyl (C=O) groups excluding carboxylic acids is 1. The van der Waals surface area contributed by atoms with Crippen molar-refractivity contribution < 1.29 is 31.1 Å². The summed E-state index contributed by atoms with van der Waals surface area (Å²) in [7, 11) is -4.27. The zero-order chi connectivity index (χ0) is 15.8. The molecular formula is C11H8F3NO4S2. The number of sulfonamides is 1.